The average molecular weight is 414 g/mol. The number of hydrogen-bond acceptors (Lipinski definition) is 5. The van der Waals surface area contributed by atoms with E-state index in [-0.39, 0.29) is 17.8 Å². The largest absolute Gasteiger partial charge is 0.490 e. The van der Waals surface area contributed by atoms with Crippen LogP contribution < -0.4 is 14.4 Å². The Morgan fingerprint density at radius 3 is 2.57 bits per heavy atom. The summed E-state index contributed by atoms with van der Waals surface area (Å²) in [6.45, 7) is 2.43. The van der Waals surface area contributed by atoms with Gasteiger partial charge in [-0.25, -0.2) is 4.90 Å². The summed E-state index contributed by atoms with van der Waals surface area (Å²) >= 11 is 6.75. The minimum Gasteiger partial charge on any atom is -0.490 e. The lowest BCUT2D eigenvalue weighted by Crippen LogP contribution is -2.27. The summed E-state index contributed by atoms with van der Waals surface area (Å²) in [5, 5.41) is 0.166. The van der Waals surface area contributed by atoms with Gasteiger partial charge in [-0.3, -0.25) is 9.59 Å². The summed E-state index contributed by atoms with van der Waals surface area (Å²) in [5.74, 6) is 3.05. The molecule has 5 nitrogen and oxygen atoms in total. The van der Waals surface area contributed by atoms with Crippen LogP contribution in [0.1, 0.15) is 12.5 Å². The number of nitrogens with zero attached hydrogens (tertiary/aromatic N) is 1. The zero-order valence-corrected chi connectivity index (χ0v) is 16.5. The highest BCUT2D eigenvalue weighted by Gasteiger charge is 2.36. The molecular formula is C21H16ClNO4S. The zero-order chi connectivity index (χ0) is 20.1. The third-order valence-corrected chi connectivity index (χ3v) is 4.88. The van der Waals surface area contributed by atoms with Gasteiger partial charge in [0.25, 0.3) is 11.1 Å². The fraction of sp³-hybridized carbons (Fsp3) is 0.143. The standard InChI is InChI=1S/C21H16ClNO4S/c1-3-11-27-17-10-5-14(12-18(17)26-4-2)13-19-20(24)23(21(25)28-19)16-8-6-15(22)7-9-16/h1,5-10,12-13H,4,11H2,2H3. The molecule has 0 aliphatic carbocycles. The molecule has 0 atom stereocenters. The zero-order valence-electron chi connectivity index (χ0n) is 15.0. The number of benzene rings is 2. The number of amides is 2. The Labute approximate surface area is 172 Å². The fourth-order valence-corrected chi connectivity index (χ4v) is 3.52. The van der Waals surface area contributed by atoms with Gasteiger partial charge in [-0.05, 0) is 66.7 Å². The van der Waals surface area contributed by atoms with Crippen LogP contribution in [0, 0.1) is 12.3 Å². The summed E-state index contributed by atoms with van der Waals surface area (Å²) in [4.78, 5) is 26.5. The number of ether oxygens (including phenoxy) is 2. The average Bonchev–Trinajstić information content (AvgIpc) is 2.95. The molecule has 142 valence electrons. The molecule has 0 aromatic heterocycles. The highest BCUT2D eigenvalue weighted by Crippen LogP contribution is 2.37. The Kier molecular flexibility index (Phi) is 6.30. The highest BCUT2D eigenvalue weighted by atomic mass is 35.5. The molecular weight excluding hydrogens is 398 g/mol. The lowest BCUT2D eigenvalue weighted by atomic mass is 10.1. The normalized spacial score (nSPS) is 15.0. The van der Waals surface area contributed by atoms with Crippen LogP contribution in [0.5, 0.6) is 11.5 Å². The van der Waals surface area contributed by atoms with Crippen molar-refractivity contribution in [1.82, 2.24) is 0 Å². The van der Waals surface area contributed by atoms with E-state index in [1.807, 2.05) is 6.92 Å². The second-order valence-corrected chi connectivity index (χ2v) is 7.06. The van der Waals surface area contributed by atoms with E-state index in [0.29, 0.717) is 39.3 Å². The number of rotatable bonds is 6. The number of carbonyl (C=O) groups is 2. The molecule has 2 aromatic carbocycles. The van der Waals surface area contributed by atoms with E-state index < -0.39 is 0 Å². The minimum atomic E-state index is -0.386. The van der Waals surface area contributed by atoms with E-state index in [4.69, 9.17) is 27.5 Å². The van der Waals surface area contributed by atoms with Crippen LogP contribution in [0.3, 0.4) is 0 Å². The van der Waals surface area contributed by atoms with Crippen LogP contribution in [0.4, 0.5) is 10.5 Å². The highest BCUT2D eigenvalue weighted by molar-refractivity contribution is 8.19. The summed E-state index contributed by atoms with van der Waals surface area (Å²) in [6, 6.07) is 11.8. The first-order valence-electron chi connectivity index (χ1n) is 8.40. The van der Waals surface area contributed by atoms with Crippen molar-refractivity contribution in [1.29, 1.82) is 0 Å². The van der Waals surface area contributed by atoms with Gasteiger partial charge >= 0.3 is 0 Å². The molecule has 0 unspecified atom stereocenters. The van der Waals surface area contributed by atoms with Crippen LogP contribution in [-0.2, 0) is 4.79 Å². The Balaban J connectivity index is 1.88. The predicted octanol–water partition coefficient (Wildman–Crippen LogP) is 4.99. The van der Waals surface area contributed by atoms with E-state index in [0.717, 1.165) is 16.7 Å². The number of hydrogen-bond donors (Lipinski definition) is 0. The van der Waals surface area contributed by atoms with Crippen LogP contribution in [-0.4, -0.2) is 24.4 Å². The summed E-state index contributed by atoms with van der Waals surface area (Å²) in [5.41, 5.74) is 1.18. The summed E-state index contributed by atoms with van der Waals surface area (Å²) in [7, 11) is 0. The van der Waals surface area contributed by atoms with Crippen molar-refractivity contribution >= 4 is 46.3 Å². The number of halogens is 1. The van der Waals surface area contributed by atoms with Crippen LogP contribution in [0.15, 0.2) is 47.4 Å². The lowest BCUT2D eigenvalue weighted by Gasteiger charge is -2.12. The SMILES string of the molecule is C#CCOc1ccc(C=C2SC(=O)N(c3ccc(Cl)cc3)C2=O)cc1OCC. The van der Waals surface area contributed by atoms with Crippen LogP contribution in [0.25, 0.3) is 6.08 Å². The van der Waals surface area contributed by atoms with Gasteiger partial charge < -0.3 is 9.47 Å². The van der Waals surface area contributed by atoms with Crippen molar-refractivity contribution in [2.24, 2.45) is 0 Å². The number of anilines is 1. The Morgan fingerprint density at radius 2 is 1.89 bits per heavy atom. The molecule has 1 fully saturated rings. The molecule has 1 aliphatic rings. The number of carbonyl (C=O) groups excluding carboxylic acids is 2. The molecule has 2 amide bonds. The molecule has 1 heterocycles. The summed E-state index contributed by atoms with van der Waals surface area (Å²) < 4.78 is 11.0. The van der Waals surface area contributed by atoms with Gasteiger partial charge in [-0.1, -0.05) is 23.6 Å². The molecule has 0 N–H and O–H groups in total. The Hall–Kier alpha value is -2.88. The van der Waals surface area contributed by atoms with Gasteiger partial charge in [-0.15, -0.1) is 6.42 Å². The molecule has 0 spiro atoms. The van der Waals surface area contributed by atoms with E-state index in [2.05, 4.69) is 5.92 Å². The van der Waals surface area contributed by atoms with E-state index in [1.54, 1.807) is 48.5 Å². The number of terminal acetylenes is 1. The van der Waals surface area contributed by atoms with E-state index >= 15 is 0 Å². The first kappa shape index (κ1) is 19.9. The molecule has 1 saturated heterocycles. The molecule has 1 aliphatic heterocycles. The Morgan fingerprint density at radius 1 is 1.14 bits per heavy atom. The molecule has 3 rings (SSSR count). The third-order valence-electron chi connectivity index (χ3n) is 3.75. The van der Waals surface area contributed by atoms with E-state index in [9.17, 15) is 9.59 Å². The number of thioether (sulfide) groups is 1. The van der Waals surface area contributed by atoms with Crippen LogP contribution >= 0.6 is 23.4 Å². The van der Waals surface area contributed by atoms with Crippen molar-refractivity contribution in [3.05, 3.63) is 58.0 Å². The van der Waals surface area contributed by atoms with Gasteiger partial charge in [0.15, 0.2) is 11.5 Å². The third kappa shape index (κ3) is 4.33. The van der Waals surface area contributed by atoms with Gasteiger partial charge in [0.05, 0.1) is 17.2 Å². The molecule has 2 aromatic rings. The van der Waals surface area contributed by atoms with Crippen molar-refractivity contribution in [3.8, 4) is 23.8 Å². The quantitative estimate of drug-likeness (QED) is 0.493. The predicted molar refractivity (Wildman–Crippen MR) is 112 cm³/mol. The van der Waals surface area contributed by atoms with Crippen molar-refractivity contribution in [2.45, 2.75) is 6.92 Å². The molecule has 0 bridgehead atoms. The van der Waals surface area contributed by atoms with Gasteiger partial charge in [-0.2, -0.15) is 0 Å². The second kappa shape index (κ2) is 8.87. The molecule has 0 radical (unpaired) electrons. The molecule has 0 saturated carbocycles. The summed E-state index contributed by atoms with van der Waals surface area (Å²) in [6.07, 6.45) is 6.87. The van der Waals surface area contributed by atoms with E-state index in [1.165, 1.54) is 0 Å². The second-order valence-electron chi connectivity index (χ2n) is 5.63. The maximum atomic E-state index is 12.7. The smallest absolute Gasteiger partial charge is 0.298 e. The molecule has 28 heavy (non-hydrogen) atoms. The van der Waals surface area contributed by atoms with Gasteiger partial charge in [0.2, 0.25) is 0 Å². The van der Waals surface area contributed by atoms with Gasteiger partial charge in [0, 0.05) is 5.02 Å². The maximum Gasteiger partial charge on any atom is 0.298 e. The monoisotopic (exact) mass is 413 g/mol. The minimum absolute atomic E-state index is 0.124. The van der Waals surface area contributed by atoms with Crippen molar-refractivity contribution in [2.75, 3.05) is 18.1 Å². The maximum absolute atomic E-state index is 12.7. The lowest BCUT2D eigenvalue weighted by molar-refractivity contribution is -0.113. The van der Waals surface area contributed by atoms with Crippen LogP contribution in [0.2, 0.25) is 5.02 Å². The van der Waals surface area contributed by atoms with Crippen molar-refractivity contribution in [3.63, 3.8) is 0 Å². The van der Waals surface area contributed by atoms with Gasteiger partial charge in [0.1, 0.15) is 6.61 Å². The number of imide groups is 1. The first-order chi connectivity index (χ1) is 13.5. The molecule has 7 heteroatoms. The van der Waals surface area contributed by atoms with Crippen molar-refractivity contribution < 1.29 is 19.1 Å². The first-order valence-corrected chi connectivity index (χ1v) is 9.59. The topological polar surface area (TPSA) is 55.8 Å². The fourth-order valence-electron chi connectivity index (χ4n) is 2.55. The Bertz CT molecular complexity index is 979.